The summed E-state index contributed by atoms with van der Waals surface area (Å²) in [6.07, 6.45) is -4.67. The predicted octanol–water partition coefficient (Wildman–Crippen LogP) is 4.77. The number of hydrogen-bond acceptors (Lipinski definition) is 4. The highest BCUT2D eigenvalue weighted by Gasteiger charge is 2.33. The zero-order chi connectivity index (χ0) is 18.2. The van der Waals surface area contributed by atoms with Crippen molar-refractivity contribution in [2.75, 3.05) is 5.73 Å². The molecule has 0 radical (unpaired) electrons. The summed E-state index contributed by atoms with van der Waals surface area (Å²) in [5, 5.41) is 10.7. The summed E-state index contributed by atoms with van der Waals surface area (Å²) in [6.45, 7) is 0. The average molecular weight is 366 g/mol. The standard InChI is InChI=1S/C17H11ClF3N3O/c18-12-4-2-1-3-10(12)9-5-6-11(14(25)7-9)13-8-15(17(19,20)21)24-16(22)23-13/h1-8,25H,(H2,22,23,24). The molecule has 3 aromatic rings. The Morgan fingerprint density at radius 2 is 1.68 bits per heavy atom. The van der Waals surface area contributed by atoms with E-state index in [1.165, 1.54) is 12.1 Å². The molecule has 0 aliphatic carbocycles. The van der Waals surface area contributed by atoms with Crippen LogP contribution in [-0.2, 0) is 6.18 Å². The van der Waals surface area contributed by atoms with Crippen molar-refractivity contribution in [3.63, 3.8) is 0 Å². The van der Waals surface area contributed by atoms with Gasteiger partial charge in [-0.2, -0.15) is 13.2 Å². The lowest BCUT2D eigenvalue weighted by molar-refractivity contribution is -0.141. The Bertz CT molecular complexity index is 945. The van der Waals surface area contributed by atoms with Crippen LogP contribution in [0.5, 0.6) is 5.75 Å². The maximum absolute atomic E-state index is 12.9. The van der Waals surface area contributed by atoms with E-state index in [1.807, 2.05) is 0 Å². The molecular formula is C17H11ClF3N3O. The van der Waals surface area contributed by atoms with Crippen molar-refractivity contribution in [3.05, 3.63) is 59.2 Å². The third-order valence-corrected chi connectivity index (χ3v) is 3.82. The molecule has 2 aromatic carbocycles. The maximum Gasteiger partial charge on any atom is 0.433 e. The molecule has 8 heteroatoms. The first-order chi connectivity index (χ1) is 11.8. The highest BCUT2D eigenvalue weighted by molar-refractivity contribution is 6.33. The van der Waals surface area contributed by atoms with E-state index in [2.05, 4.69) is 9.97 Å². The van der Waals surface area contributed by atoms with E-state index in [0.29, 0.717) is 16.1 Å². The van der Waals surface area contributed by atoms with Gasteiger partial charge < -0.3 is 10.8 Å². The van der Waals surface area contributed by atoms with Crippen molar-refractivity contribution in [2.45, 2.75) is 6.18 Å². The van der Waals surface area contributed by atoms with E-state index >= 15 is 0 Å². The topological polar surface area (TPSA) is 72.0 Å². The van der Waals surface area contributed by atoms with Gasteiger partial charge in [0.2, 0.25) is 5.95 Å². The van der Waals surface area contributed by atoms with Gasteiger partial charge in [-0.3, -0.25) is 0 Å². The lowest BCUT2D eigenvalue weighted by atomic mass is 10.0. The molecule has 0 saturated carbocycles. The van der Waals surface area contributed by atoms with Crippen LogP contribution in [0.25, 0.3) is 22.4 Å². The van der Waals surface area contributed by atoms with Crippen molar-refractivity contribution < 1.29 is 18.3 Å². The normalized spacial score (nSPS) is 11.5. The highest BCUT2D eigenvalue weighted by Crippen LogP contribution is 2.37. The van der Waals surface area contributed by atoms with E-state index in [1.54, 1.807) is 30.3 Å². The monoisotopic (exact) mass is 365 g/mol. The largest absolute Gasteiger partial charge is 0.507 e. The minimum absolute atomic E-state index is 0.107. The summed E-state index contributed by atoms with van der Waals surface area (Å²) in [7, 11) is 0. The third kappa shape index (κ3) is 3.51. The summed E-state index contributed by atoms with van der Waals surface area (Å²) in [4.78, 5) is 6.96. The minimum Gasteiger partial charge on any atom is -0.507 e. The van der Waals surface area contributed by atoms with Gasteiger partial charge in [0.05, 0.1) is 5.69 Å². The molecule has 1 aromatic heterocycles. The maximum atomic E-state index is 12.9. The summed E-state index contributed by atoms with van der Waals surface area (Å²) >= 11 is 6.12. The summed E-state index contributed by atoms with van der Waals surface area (Å²) in [6, 6.07) is 12.2. The molecule has 0 spiro atoms. The number of alkyl halides is 3. The molecule has 0 aliphatic rings. The number of halogens is 4. The Kier molecular flexibility index (Phi) is 4.26. The van der Waals surface area contributed by atoms with Crippen LogP contribution < -0.4 is 5.73 Å². The molecule has 0 fully saturated rings. The highest BCUT2D eigenvalue weighted by atomic mass is 35.5. The van der Waals surface area contributed by atoms with Gasteiger partial charge in [0, 0.05) is 16.1 Å². The van der Waals surface area contributed by atoms with Gasteiger partial charge >= 0.3 is 6.18 Å². The van der Waals surface area contributed by atoms with Gasteiger partial charge in [-0.1, -0.05) is 35.9 Å². The lowest BCUT2D eigenvalue weighted by Gasteiger charge is -2.11. The van der Waals surface area contributed by atoms with E-state index < -0.39 is 17.8 Å². The number of rotatable bonds is 2. The SMILES string of the molecule is Nc1nc(-c2ccc(-c3ccccc3Cl)cc2O)cc(C(F)(F)F)n1. The Hall–Kier alpha value is -2.80. The summed E-state index contributed by atoms with van der Waals surface area (Å²) in [5.41, 5.74) is 5.47. The molecule has 0 unspecified atom stereocenters. The zero-order valence-electron chi connectivity index (χ0n) is 12.5. The molecule has 128 valence electrons. The van der Waals surface area contributed by atoms with Gasteiger partial charge in [0.15, 0.2) is 5.69 Å². The number of nitrogens with zero attached hydrogens (tertiary/aromatic N) is 2. The van der Waals surface area contributed by atoms with E-state index in [4.69, 9.17) is 17.3 Å². The van der Waals surface area contributed by atoms with Gasteiger partial charge in [-0.15, -0.1) is 0 Å². The molecule has 0 aliphatic heterocycles. The van der Waals surface area contributed by atoms with E-state index in [0.717, 1.165) is 6.07 Å². The number of phenolic OH excluding ortho intramolecular Hbond substituents is 1. The number of hydrogen-bond donors (Lipinski definition) is 2. The second-order valence-electron chi connectivity index (χ2n) is 5.21. The zero-order valence-corrected chi connectivity index (χ0v) is 13.3. The van der Waals surface area contributed by atoms with Crippen LogP contribution >= 0.6 is 11.6 Å². The fraction of sp³-hybridized carbons (Fsp3) is 0.0588. The van der Waals surface area contributed by atoms with Crippen LogP contribution in [0.2, 0.25) is 5.02 Å². The van der Waals surface area contributed by atoms with Gasteiger partial charge in [0.25, 0.3) is 0 Å². The van der Waals surface area contributed by atoms with Crippen molar-refractivity contribution in [1.82, 2.24) is 9.97 Å². The minimum atomic E-state index is -4.67. The van der Waals surface area contributed by atoms with Gasteiger partial charge in [0.1, 0.15) is 5.75 Å². The van der Waals surface area contributed by atoms with Crippen LogP contribution in [0.4, 0.5) is 19.1 Å². The van der Waals surface area contributed by atoms with Crippen LogP contribution in [0.1, 0.15) is 5.69 Å². The second-order valence-corrected chi connectivity index (χ2v) is 5.61. The number of aromatic nitrogens is 2. The first-order valence-corrected chi connectivity index (χ1v) is 7.43. The first-order valence-electron chi connectivity index (χ1n) is 7.06. The lowest BCUT2D eigenvalue weighted by Crippen LogP contribution is -2.11. The molecule has 25 heavy (non-hydrogen) atoms. The second kappa shape index (κ2) is 6.25. The molecule has 3 N–H and O–H groups in total. The molecule has 1 heterocycles. The number of nitrogens with two attached hydrogens (primary N) is 1. The Balaban J connectivity index is 2.08. The van der Waals surface area contributed by atoms with Crippen LogP contribution in [0.3, 0.4) is 0 Å². The van der Waals surface area contributed by atoms with Gasteiger partial charge in [-0.25, -0.2) is 9.97 Å². The molecule has 0 amide bonds. The van der Waals surface area contributed by atoms with Crippen molar-refractivity contribution in [2.24, 2.45) is 0 Å². The first kappa shape index (κ1) is 17.0. The number of benzene rings is 2. The smallest absolute Gasteiger partial charge is 0.433 e. The molecule has 3 rings (SSSR count). The van der Waals surface area contributed by atoms with Gasteiger partial charge in [-0.05, 0) is 29.8 Å². The quantitative estimate of drug-likeness (QED) is 0.686. The van der Waals surface area contributed by atoms with E-state index in [9.17, 15) is 18.3 Å². The molecule has 0 atom stereocenters. The third-order valence-electron chi connectivity index (χ3n) is 3.49. The molecule has 4 nitrogen and oxygen atoms in total. The van der Waals surface area contributed by atoms with Crippen LogP contribution in [-0.4, -0.2) is 15.1 Å². The predicted molar refractivity (Wildman–Crippen MR) is 89.0 cm³/mol. The van der Waals surface area contributed by atoms with Crippen molar-refractivity contribution in [3.8, 4) is 28.1 Å². The Morgan fingerprint density at radius 1 is 0.960 bits per heavy atom. The summed E-state index contributed by atoms with van der Waals surface area (Å²) in [5.74, 6) is -0.775. The number of nitrogen functional groups attached to an aromatic ring is 1. The number of phenols is 1. The molecule has 0 bridgehead atoms. The molecular weight excluding hydrogens is 355 g/mol. The average Bonchev–Trinajstić information content (AvgIpc) is 2.53. The van der Waals surface area contributed by atoms with Crippen LogP contribution in [0.15, 0.2) is 48.5 Å². The number of aromatic hydroxyl groups is 1. The summed E-state index contributed by atoms with van der Waals surface area (Å²) < 4.78 is 38.6. The van der Waals surface area contributed by atoms with Crippen molar-refractivity contribution in [1.29, 1.82) is 0 Å². The number of anilines is 1. The Morgan fingerprint density at radius 3 is 2.32 bits per heavy atom. The molecule has 0 saturated heterocycles. The fourth-order valence-corrected chi connectivity index (χ4v) is 2.61. The van der Waals surface area contributed by atoms with Crippen molar-refractivity contribution >= 4 is 17.5 Å². The Labute approximate surface area is 145 Å². The van der Waals surface area contributed by atoms with E-state index in [-0.39, 0.29) is 17.0 Å². The fourth-order valence-electron chi connectivity index (χ4n) is 2.36. The van der Waals surface area contributed by atoms with Crippen LogP contribution in [0, 0.1) is 0 Å².